The number of alkyl halides is 3. The molecular formula is C22H18F3N5O4. The highest BCUT2D eigenvalue weighted by atomic mass is 19.4. The van der Waals surface area contributed by atoms with Gasteiger partial charge in [0.05, 0.1) is 24.4 Å². The van der Waals surface area contributed by atoms with Gasteiger partial charge in [-0.1, -0.05) is 29.4 Å². The van der Waals surface area contributed by atoms with Crippen molar-refractivity contribution in [3.63, 3.8) is 0 Å². The van der Waals surface area contributed by atoms with Crippen LogP contribution < -0.4 is 11.2 Å². The van der Waals surface area contributed by atoms with Crippen molar-refractivity contribution in [3.05, 3.63) is 102 Å². The maximum atomic E-state index is 13.3. The molecule has 0 aliphatic heterocycles. The van der Waals surface area contributed by atoms with Crippen molar-refractivity contribution < 1.29 is 22.7 Å². The molecule has 0 spiro atoms. The molecule has 0 radical (unpaired) electrons. The molecule has 0 aliphatic carbocycles. The average Bonchev–Trinajstić information content (AvgIpc) is 2.78. The number of nitrogens with zero attached hydrogens (tertiary/aromatic N) is 5. The Morgan fingerprint density at radius 2 is 1.82 bits per heavy atom. The summed E-state index contributed by atoms with van der Waals surface area (Å²) in [5, 5.41) is 3.43. The number of carbonyl (C=O) groups is 1. The van der Waals surface area contributed by atoms with Gasteiger partial charge in [-0.15, -0.1) is 0 Å². The molecule has 0 saturated carbocycles. The van der Waals surface area contributed by atoms with Crippen LogP contribution in [0.3, 0.4) is 0 Å². The number of benzene rings is 2. The Labute approximate surface area is 190 Å². The molecule has 0 N–H and O–H groups in total. The molecule has 0 fully saturated rings. The molecule has 176 valence electrons. The van der Waals surface area contributed by atoms with Gasteiger partial charge in [-0.3, -0.25) is 13.9 Å². The number of hydrogen-bond acceptors (Lipinski definition) is 5. The Balaban J connectivity index is 2.23. The summed E-state index contributed by atoms with van der Waals surface area (Å²) in [4.78, 5) is 41.3. The fourth-order valence-corrected chi connectivity index (χ4v) is 3.34. The first-order valence-corrected chi connectivity index (χ1v) is 9.93. The third-order valence-corrected chi connectivity index (χ3v) is 5.03. The van der Waals surface area contributed by atoms with E-state index in [1.54, 1.807) is 0 Å². The van der Waals surface area contributed by atoms with E-state index in [2.05, 4.69) is 10.0 Å². The zero-order valence-electron chi connectivity index (χ0n) is 18.0. The van der Waals surface area contributed by atoms with Crippen LogP contribution >= 0.6 is 0 Å². The zero-order chi connectivity index (χ0) is 25.0. The van der Waals surface area contributed by atoms with Gasteiger partial charge in [0.2, 0.25) is 0 Å². The lowest BCUT2D eigenvalue weighted by Gasteiger charge is -2.16. The van der Waals surface area contributed by atoms with Gasteiger partial charge in [-0.05, 0) is 48.7 Å². The maximum Gasteiger partial charge on any atom is 0.416 e. The van der Waals surface area contributed by atoms with E-state index in [1.807, 2.05) is 0 Å². The van der Waals surface area contributed by atoms with Crippen molar-refractivity contribution in [3.8, 4) is 5.69 Å². The van der Waals surface area contributed by atoms with Gasteiger partial charge in [-0.25, -0.2) is 9.59 Å². The van der Waals surface area contributed by atoms with Crippen molar-refractivity contribution in [1.82, 2.24) is 9.13 Å². The predicted molar refractivity (Wildman–Crippen MR) is 116 cm³/mol. The van der Waals surface area contributed by atoms with Gasteiger partial charge < -0.3 is 4.74 Å². The fraction of sp³-hybridized carbons (Fsp3) is 0.227. The third kappa shape index (κ3) is 4.86. The Kier molecular flexibility index (Phi) is 6.92. The van der Waals surface area contributed by atoms with Gasteiger partial charge in [0.15, 0.2) is 0 Å². The summed E-state index contributed by atoms with van der Waals surface area (Å²) in [6, 6.07) is 9.12. The predicted octanol–water partition coefficient (Wildman–Crippen LogP) is 4.49. The summed E-state index contributed by atoms with van der Waals surface area (Å²) in [6.07, 6.45) is -3.60. The van der Waals surface area contributed by atoms with Crippen molar-refractivity contribution in [2.24, 2.45) is 5.11 Å². The summed E-state index contributed by atoms with van der Waals surface area (Å²) < 4.78 is 46.6. The summed E-state index contributed by atoms with van der Waals surface area (Å²) in [6.45, 7) is 2.24. The van der Waals surface area contributed by atoms with Crippen LogP contribution in [-0.2, 0) is 17.5 Å². The molecule has 1 heterocycles. The lowest BCUT2D eigenvalue weighted by molar-refractivity contribution is -0.138. The summed E-state index contributed by atoms with van der Waals surface area (Å²) in [5.41, 5.74) is 5.72. The number of azide groups is 1. The van der Waals surface area contributed by atoms with E-state index in [9.17, 15) is 27.6 Å². The van der Waals surface area contributed by atoms with Gasteiger partial charge >= 0.3 is 17.8 Å². The van der Waals surface area contributed by atoms with E-state index in [0.717, 1.165) is 16.8 Å². The van der Waals surface area contributed by atoms with E-state index in [0.29, 0.717) is 4.57 Å². The fourth-order valence-electron chi connectivity index (χ4n) is 3.34. The average molecular weight is 473 g/mol. The van der Waals surface area contributed by atoms with Crippen LogP contribution in [0.1, 0.15) is 34.0 Å². The molecule has 0 atom stereocenters. The Hall–Kier alpha value is -4.31. The molecule has 3 rings (SSSR count). The zero-order valence-corrected chi connectivity index (χ0v) is 18.0. The summed E-state index contributed by atoms with van der Waals surface area (Å²) >= 11 is 0. The van der Waals surface area contributed by atoms with Crippen molar-refractivity contribution in [1.29, 1.82) is 0 Å². The molecule has 2 aromatic carbocycles. The monoisotopic (exact) mass is 473 g/mol. The minimum atomic E-state index is -4.62. The molecular weight excluding hydrogens is 455 g/mol. The highest BCUT2D eigenvalue weighted by Crippen LogP contribution is 2.33. The molecule has 12 heteroatoms. The SMILES string of the molecule is CCOC(=O)c1cn(-c2ccc(N=[N+]=[N-])cc2)c(=O)n(Cc2cccc(C(F)(F)F)c2C)c1=O. The van der Waals surface area contributed by atoms with E-state index in [1.165, 1.54) is 50.2 Å². The van der Waals surface area contributed by atoms with Crippen LogP contribution in [0.15, 0.2) is 63.4 Å². The number of halogens is 3. The van der Waals surface area contributed by atoms with E-state index < -0.39 is 41.1 Å². The third-order valence-electron chi connectivity index (χ3n) is 5.03. The minimum absolute atomic E-state index is 0.0367. The number of esters is 1. The number of carbonyl (C=O) groups excluding carboxylic acids is 1. The highest BCUT2D eigenvalue weighted by Gasteiger charge is 2.33. The second-order valence-electron chi connectivity index (χ2n) is 7.10. The van der Waals surface area contributed by atoms with Crippen LogP contribution in [0, 0.1) is 6.92 Å². The Bertz CT molecular complexity index is 1400. The first-order chi connectivity index (χ1) is 16.1. The molecule has 9 nitrogen and oxygen atoms in total. The van der Waals surface area contributed by atoms with Crippen LogP contribution in [0.5, 0.6) is 0 Å². The van der Waals surface area contributed by atoms with Gasteiger partial charge in [0.25, 0.3) is 5.56 Å². The van der Waals surface area contributed by atoms with Crippen molar-refractivity contribution >= 4 is 11.7 Å². The van der Waals surface area contributed by atoms with Gasteiger partial charge in [-0.2, -0.15) is 13.2 Å². The standard InChI is InChI=1S/C22H18F3N5O4/c1-3-34-20(32)17-12-29(16-9-7-15(8-10-16)27-28-26)21(33)30(19(17)31)11-14-5-4-6-18(13(14)2)22(23,24)25/h4-10,12H,3,11H2,1-2H3. The maximum absolute atomic E-state index is 13.3. The smallest absolute Gasteiger partial charge is 0.416 e. The molecule has 0 bridgehead atoms. The Morgan fingerprint density at radius 1 is 1.15 bits per heavy atom. The minimum Gasteiger partial charge on any atom is -0.462 e. The molecule has 34 heavy (non-hydrogen) atoms. The molecule has 0 saturated heterocycles. The largest absolute Gasteiger partial charge is 0.462 e. The topological polar surface area (TPSA) is 119 Å². The summed E-state index contributed by atoms with van der Waals surface area (Å²) in [7, 11) is 0. The van der Waals surface area contributed by atoms with Crippen LogP contribution in [0.25, 0.3) is 16.1 Å². The molecule has 3 aromatic rings. The first kappa shape index (κ1) is 24.3. The second kappa shape index (κ2) is 9.67. The number of rotatable bonds is 6. The van der Waals surface area contributed by atoms with E-state index in [-0.39, 0.29) is 29.1 Å². The molecule has 0 aliphatic rings. The van der Waals surface area contributed by atoms with Gasteiger partial charge in [0, 0.05) is 16.8 Å². The first-order valence-electron chi connectivity index (χ1n) is 9.93. The quantitative estimate of drug-likeness (QED) is 0.227. The van der Waals surface area contributed by atoms with Crippen molar-refractivity contribution in [2.75, 3.05) is 6.61 Å². The normalized spacial score (nSPS) is 11.1. The van der Waals surface area contributed by atoms with E-state index >= 15 is 0 Å². The number of aromatic nitrogens is 2. The molecule has 0 amide bonds. The van der Waals surface area contributed by atoms with Crippen molar-refractivity contribution in [2.45, 2.75) is 26.6 Å². The molecule has 0 unspecified atom stereocenters. The number of hydrogen-bond donors (Lipinski definition) is 0. The summed E-state index contributed by atoms with van der Waals surface area (Å²) in [5.74, 6) is -0.985. The van der Waals surface area contributed by atoms with Crippen LogP contribution in [0.4, 0.5) is 18.9 Å². The lowest BCUT2D eigenvalue weighted by Crippen LogP contribution is -2.42. The van der Waals surface area contributed by atoms with E-state index in [4.69, 9.17) is 10.3 Å². The highest BCUT2D eigenvalue weighted by molar-refractivity contribution is 5.88. The van der Waals surface area contributed by atoms with Crippen LogP contribution in [0.2, 0.25) is 0 Å². The van der Waals surface area contributed by atoms with Crippen LogP contribution in [-0.4, -0.2) is 21.7 Å². The Morgan fingerprint density at radius 3 is 2.41 bits per heavy atom. The molecule has 1 aromatic heterocycles. The lowest BCUT2D eigenvalue weighted by atomic mass is 10.0. The van der Waals surface area contributed by atoms with Gasteiger partial charge in [0.1, 0.15) is 5.56 Å². The number of ether oxygens (including phenoxy) is 1. The second-order valence-corrected chi connectivity index (χ2v) is 7.10.